The van der Waals surface area contributed by atoms with Crippen LogP contribution in [0.4, 0.5) is 14.7 Å². The van der Waals surface area contributed by atoms with Gasteiger partial charge < -0.3 is 4.74 Å². The van der Waals surface area contributed by atoms with E-state index in [9.17, 15) is 13.6 Å². The van der Waals surface area contributed by atoms with E-state index < -0.39 is 23.1 Å². The van der Waals surface area contributed by atoms with Gasteiger partial charge in [0.05, 0.1) is 7.11 Å². The van der Waals surface area contributed by atoms with Gasteiger partial charge in [-0.3, -0.25) is 10.1 Å². The topological polar surface area (TPSA) is 79.9 Å². The third-order valence-electron chi connectivity index (χ3n) is 2.39. The second-order valence-electron chi connectivity index (χ2n) is 3.68. The fraction of sp³-hybridized carbons (Fsp3) is 0.182. The number of carbonyl (C=O) groups is 1. The molecule has 1 aromatic heterocycles. The van der Waals surface area contributed by atoms with Gasteiger partial charge in [0.2, 0.25) is 5.95 Å². The van der Waals surface area contributed by atoms with Crippen LogP contribution in [0.25, 0.3) is 0 Å². The molecule has 0 saturated carbocycles. The highest BCUT2D eigenvalue weighted by Gasteiger charge is 2.20. The van der Waals surface area contributed by atoms with Gasteiger partial charge in [-0.2, -0.15) is 4.98 Å². The zero-order valence-electron chi connectivity index (χ0n) is 10.1. The number of ether oxygens (including phenoxy) is 1. The van der Waals surface area contributed by atoms with Crippen LogP contribution >= 0.6 is 0 Å². The van der Waals surface area contributed by atoms with E-state index in [0.29, 0.717) is 0 Å². The number of halogens is 2. The van der Waals surface area contributed by atoms with E-state index in [4.69, 9.17) is 4.74 Å². The number of anilines is 1. The summed E-state index contributed by atoms with van der Waals surface area (Å²) in [6.07, 6.45) is 0. The maximum absolute atomic E-state index is 13.7. The van der Waals surface area contributed by atoms with Crippen molar-refractivity contribution in [3.63, 3.8) is 0 Å². The lowest BCUT2D eigenvalue weighted by Crippen LogP contribution is -2.17. The number of amides is 1. The van der Waals surface area contributed by atoms with Gasteiger partial charge in [0.25, 0.3) is 5.91 Å². The molecular weight excluding hydrogens is 258 g/mol. The quantitative estimate of drug-likeness (QED) is 0.887. The molecule has 1 amide bonds. The van der Waals surface area contributed by atoms with Crippen LogP contribution in [-0.4, -0.2) is 28.2 Å². The largest absolute Gasteiger partial charge is 0.466 e. The van der Waals surface area contributed by atoms with Crippen molar-refractivity contribution in [2.75, 3.05) is 12.4 Å². The van der Waals surface area contributed by atoms with E-state index in [2.05, 4.69) is 20.5 Å². The van der Waals surface area contributed by atoms with Crippen LogP contribution in [0.5, 0.6) is 6.01 Å². The molecule has 0 aliphatic rings. The molecule has 0 saturated heterocycles. The molecular formula is C11H10F2N4O2. The number of rotatable bonds is 3. The molecule has 1 aromatic carbocycles. The maximum Gasteiger partial charge on any atom is 0.336 e. The van der Waals surface area contributed by atoms with Crippen molar-refractivity contribution in [1.29, 1.82) is 0 Å². The standard InChI is InChI=1S/C11H10F2N4O2/c1-5-3-4-6(12)7(8(5)13)9(18)14-10-15-11(19-2)17-16-10/h3-4H,1-2H3,(H2,14,15,16,17,18). The Kier molecular flexibility index (Phi) is 3.41. The van der Waals surface area contributed by atoms with Crippen molar-refractivity contribution >= 4 is 11.9 Å². The van der Waals surface area contributed by atoms with E-state index in [-0.39, 0.29) is 17.5 Å². The van der Waals surface area contributed by atoms with E-state index in [0.717, 1.165) is 6.07 Å². The number of benzene rings is 1. The normalized spacial score (nSPS) is 10.3. The van der Waals surface area contributed by atoms with Gasteiger partial charge >= 0.3 is 6.01 Å². The van der Waals surface area contributed by atoms with Gasteiger partial charge in [-0.25, -0.2) is 13.9 Å². The molecule has 8 heteroatoms. The number of nitrogens with zero attached hydrogens (tertiary/aromatic N) is 2. The monoisotopic (exact) mass is 268 g/mol. The van der Waals surface area contributed by atoms with Crippen LogP contribution in [0.3, 0.4) is 0 Å². The second-order valence-corrected chi connectivity index (χ2v) is 3.68. The van der Waals surface area contributed by atoms with Gasteiger partial charge in [0.1, 0.15) is 17.2 Å². The zero-order chi connectivity index (χ0) is 14.0. The molecule has 2 aromatic rings. The van der Waals surface area contributed by atoms with Crippen molar-refractivity contribution in [1.82, 2.24) is 15.2 Å². The highest BCUT2D eigenvalue weighted by atomic mass is 19.1. The molecule has 0 aliphatic carbocycles. The molecule has 2 N–H and O–H groups in total. The number of aryl methyl sites for hydroxylation is 1. The summed E-state index contributed by atoms with van der Waals surface area (Å²) in [7, 11) is 1.34. The first-order chi connectivity index (χ1) is 9.02. The van der Waals surface area contributed by atoms with E-state index in [1.54, 1.807) is 0 Å². The minimum absolute atomic E-state index is 0.000450. The predicted molar refractivity (Wildman–Crippen MR) is 62.0 cm³/mol. The summed E-state index contributed by atoms with van der Waals surface area (Å²) in [6, 6.07) is 2.27. The van der Waals surface area contributed by atoms with Crippen molar-refractivity contribution < 1.29 is 18.3 Å². The molecule has 100 valence electrons. The number of hydrogen-bond donors (Lipinski definition) is 2. The number of methoxy groups -OCH3 is 1. The Morgan fingerprint density at radius 2 is 2.16 bits per heavy atom. The third kappa shape index (κ3) is 2.51. The number of aromatic amines is 1. The maximum atomic E-state index is 13.7. The first-order valence-corrected chi connectivity index (χ1v) is 5.25. The zero-order valence-corrected chi connectivity index (χ0v) is 10.1. The van der Waals surface area contributed by atoms with Gasteiger partial charge in [0, 0.05) is 0 Å². The molecule has 6 nitrogen and oxygen atoms in total. The summed E-state index contributed by atoms with van der Waals surface area (Å²) in [6.45, 7) is 1.43. The van der Waals surface area contributed by atoms with Crippen LogP contribution in [0, 0.1) is 18.6 Å². The average molecular weight is 268 g/mol. The lowest BCUT2D eigenvalue weighted by molar-refractivity contribution is 0.101. The smallest absolute Gasteiger partial charge is 0.336 e. The van der Waals surface area contributed by atoms with Crippen molar-refractivity contribution in [3.8, 4) is 6.01 Å². The Morgan fingerprint density at radius 3 is 2.79 bits per heavy atom. The Morgan fingerprint density at radius 1 is 1.42 bits per heavy atom. The lowest BCUT2D eigenvalue weighted by atomic mass is 10.1. The molecule has 19 heavy (non-hydrogen) atoms. The van der Waals surface area contributed by atoms with Gasteiger partial charge in [-0.05, 0) is 18.6 Å². The minimum Gasteiger partial charge on any atom is -0.466 e. The summed E-state index contributed by atoms with van der Waals surface area (Å²) in [5.41, 5.74) is -0.503. The van der Waals surface area contributed by atoms with Gasteiger partial charge in [-0.15, -0.1) is 5.10 Å². The molecule has 2 rings (SSSR count). The molecule has 0 bridgehead atoms. The number of H-pyrrole nitrogens is 1. The molecule has 0 aliphatic heterocycles. The SMILES string of the molecule is COc1n[nH]c(NC(=O)c2c(F)ccc(C)c2F)n1. The predicted octanol–water partition coefficient (Wildman–Crippen LogP) is 1.65. The van der Waals surface area contributed by atoms with E-state index in [1.807, 2.05) is 0 Å². The van der Waals surface area contributed by atoms with Crippen LogP contribution in [-0.2, 0) is 0 Å². The molecule has 0 atom stereocenters. The summed E-state index contributed by atoms with van der Waals surface area (Å²) < 4.78 is 31.9. The van der Waals surface area contributed by atoms with Crippen molar-refractivity contribution in [2.45, 2.75) is 6.92 Å². The fourth-order valence-electron chi connectivity index (χ4n) is 1.43. The highest BCUT2D eigenvalue weighted by molar-refractivity contribution is 6.03. The summed E-state index contributed by atoms with van der Waals surface area (Å²) in [5.74, 6) is -2.89. The summed E-state index contributed by atoms with van der Waals surface area (Å²) in [5, 5.41) is 8.12. The van der Waals surface area contributed by atoms with Gasteiger partial charge in [0.15, 0.2) is 0 Å². The number of nitrogens with one attached hydrogen (secondary N) is 2. The summed E-state index contributed by atoms with van der Waals surface area (Å²) >= 11 is 0. The molecule has 1 heterocycles. The van der Waals surface area contributed by atoms with Crippen LogP contribution in [0.15, 0.2) is 12.1 Å². The first kappa shape index (κ1) is 12.9. The van der Waals surface area contributed by atoms with E-state index in [1.165, 1.54) is 20.1 Å². The summed E-state index contributed by atoms with van der Waals surface area (Å²) in [4.78, 5) is 15.5. The van der Waals surface area contributed by atoms with Crippen molar-refractivity contribution in [3.05, 3.63) is 34.9 Å². The molecule has 0 fully saturated rings. The van der Waals surface area contributed by atoms with Gasteiger partial charge in [-0.1, -0.05) is 6.07 Å². The Balaban J connectivity index is 2.27. The lowest BCUT2D eigenvalue weighted by Gasteiger charge is -2.06. The third-order valence-corrected chi connectivity index (χ3v) is 2.39. The minimum atomic E-state index is -0.961. The number of carbonyl (C=O) groups excluding carboxylic acids is 1. The van der Waals surface area contributed by atoms with Crippen LogP contribution in [0.1, 0.15) is 15.9 Å². The van der Waals surface area contributed by atoms with Crippen LogP contribution in [0.2, 0.25) is 0 Å². The molecule has 0 spiro atoms. The average Bonchev–Trinajstić information content (AvgIpc) is 2.82. The highest BCUT2D eigenvalue weighted by Crippen LogP contribution is 2.17. The number of hydrogen-bond acceptors (Lipinski definition) is 4. The number of aromatic nitrogens is 3. The second kappa shape index (κ2) is 5.01. The Labute approximate surface area is 106 Å². The molecule has 0 radical (unpaired) electrons. The Hall–Kier alpha value is -2.51. The van der Waals surface area contributed by atoms with E-state index >= 15 is 0 Å². The van der Waals surface area contributed by atoms with Crippen LogP contribution < -0.4 is 10.1 Å². The fourth-order valence-corrected chi connectivity index (χ4v) is 1.43. The first-order valence-electron chi connectivity index (χ1n) is 5.25. The van der Waals surface area contributed by atoms with Crippen molar-refractivity contribution in [2.24, 2.45) is 0 Å². The molecule has 0 unspecified atom stereocenters. The Bertz CT molecular complexity index is 627.